The van der Waals surface area contributed by atoms with Crippen molar-refractivity contribution in [1.82, 2.24) is 0 Å². The Balaban J connectivity index is 2.65. The summed E-state index contributed by atoms with van der Waals surface area (Å²) in [5.41, 5.74) is -2.03. The summed E-state index contributed by atoms with van der Waals surface area (Å²) in [6.07, 6.45) is 2.16. The van der Waals surface area contributed by atoms with Gasteiger partial charge >= 0.3 is 11.9 Å². The summed E-state index contributed by atoms with van der Waals surface area (Å²) >= 11 is 1.21. The standard InChI is InChI=1S/C13H11FO4S/c1-7-10(11(15)16)8(14)4-5-13(7,12(17)18)9-3-2-6-19-9/h2-7H,1H3,(H,15,16)(H,17,18). The van der Waals surface area contributed by atoms with Crippen LogP contribution in [0.25, 0.3) is 0 Å². The Kier molecular flexibility index (Phi) is 3.28. The van der Waals surface area contributed by atoms with Crippen molar-refractivity contribution >= 4 is 23.3 Å². The van der Waals surface area contributed by atoms with Crippen LogP contribution < -0.4 is 0 Å². The highest BCUT2D eigenvalue weighted by Gasteiger charge is 2.49. The van der Waals surface area contributed by atoms with Gasteiger partial charge in [0.2, 0.25) is 0 Å². The van der Waals surface area contributed by atoms with Crippen molar-refractivity contribution in [3.63, 3.8) is 0 Å². The number of rotatable bonds is 3. The van der Waals surface area contributed by atoms with Gasteiger partial charge in [0.1, 0.15) is 11.2 Å². The van der Waals surface area contributed by atoms with Gasteiger partial charge in [-0.25, -0.2) is 9.18 Å². The molecule has 2 N–H and O–H groups in total. The number of halogens is 1. The quantitative estimate of drug-likeness (QED) is 0.893. The SMILES string of the molecule is CC1C(C(=O)O)=C(F)C=CC1(C(=O)O)c1cccs1. The third-order valence-corrected chi connectivity index (χ3v) is 4.40. The molecular formula is C13H11FO4S. The normalized spacial score (nSPS) is 26.5. The van der Waals surface area contributed by atoms with Gasteiger partial charge in [-0.2, -0.15) is 0 Å². The summed E-state index contributed by atoms with van der Waals surface area (Å²) in [5, 5.41) is 20.3. The van der Waals surface area contributed by atoms with Crippen LogP contribution in [0.3, 0.4) is 0 Å². The molecule has 1 heterocycles. The van der Waals surface area contributed by atoms with Crippen LogP contribution in [0.2, 0.25) is 0 Å². The maximum Gasteiger partial charge on any atom is 0.334 e. The van der Waals surface area contributed by atoms with E-state index in [1.807, 2.05) is 0 Å². The highest BCUT2D eigenvalue weighted by molar-refractivity contribution is 7.10. The summed E-state index contributed by atoms with van der Waals surface area (Å²) in [7, 11) is 0. The number of carboxylic acids is 2. The molecule has 0 spiro atoms. The summed E-state index contributed by atoms with van der Waals surface area (Å²) in [5.74, 6) is -4.51. The highest BCUT2D eigenvalue weighted by atomic mass is 32.1. The van der Waals surface area contributed by atoms with Gasteiger partial charge in [0, 0.05) is 10.8 Å². The lowest BCUT2D eigenvalue weighted by Crippen LogP contribution is -2.43. The van der Waals surface area contributed by atoms with Gasteiger partial charge in [-0.15, -0.1) is 11.3 Å². The Morgan fingerprint density at radius 2 is 2.11 bits per heavy atom. The minimum Gasteiger partial charge on any atom is -0.480 e. The van der Waals surface area contributed by atoms with Crippen molar-refractivity contribution in [1.29, 1.82) is 0 Å². The number of hydrogen-bond donors (Lipinski definition) is 2. The van der Waals surface area contributed by atoms with Gasteiger partial charge in [0.05, 0.1) is 5.57 Å². The summed E-state index contributed by atoms with van der Waals surface area (Å²) in [6.45, 7) is 1.42. The van der Waals surface area contributed by atoms with E-state index in [0.717, 1.165) is 6.08 Å². The van der Waals surface area contributed by atoms with Crippen LogP contribution in [0, 0.1) is 5.92 Å². The molecule has 100 valence electrons. The summed E-state index contributed by atoms with van der Waals surface area (Å²) in [4.78, 5) is 23.3. The molecule has 1 aromatic heterocycles. The van der Waals surface area contributed by atoms with Crippen LogP contribution in [-0.2, 0) is 15.0 Å². The minimum atomic E-state index is -1.53. The predicted molar refractivity (Wildman–Crippen MR) is 67.7 cm³/mol. The van der Waals surface area contributed by atoms with Crippen molar-refractivity contribution < 1.29 is 24.2 Å². The van der Waals surface area contributed by atoms with Crippen molar-refractivity contribution in [2.45, 2.75) is 12.3 Å². The topological polar surface area (TPSA) is 74.6 Å². The predicted octanol–water partition coefficient (Wildman–Crippen LogP) is 2.58. The minimum absolute atomic E-state index is 0.481. The molecule has 1 aliphatic carbocycles. The fourth-order valence-corrected chi connectivity index (χ4v) is 3.32. The van der Waals surface area contributed by atoms with E-state index in [1.54, 1.807) is 17.5 Å². The van der Waals surface area contributed by atoms with Crippen LogP contribution in [0.1, 0.15) is 11.8 Å². The Bertz CT molecular complexity index is 588. The molecule has 6 heteroatoms. The molecule has 2 rings (SSSR count). The summed E-state index contributed by atoms with van der Waals surface area (Å²) < 4.78 is 13.6. The number of carbonyl (C=O) groups is 2. The Morgan fingerprint density at radius 3 is 2.58 bits per heavy atom. The van der Waals surface area contributed by atoms with E-state index in [0.29, 0.717) is 4.88 Å². The first kappa shape index (κ1) is 13.5. The van der Waals surface area contributed by atoms with E-state index in [-0.39, 0.29) is 0 Å². The van der Waals surface area contributed by atoms with Crippen LogP contribution in [0.4, 0.5) is 4.39 Å². The molecular weight excluding hydrogens is 271 g/mol. The van der Waals surface area contributed by atoms with Crippen molar-refractivity contribution in [2.75, 3.05) is 0 Å². The van der Waals surface area contributed by atoms with Crippen molar-refractivity contribution in [3.05, 3.63) is 45.9 Å². The lowest BCUT2D eigenvalue weighted by molar-refractivity contribution is -0.143. The maximum absolute atomic E-state index is 13.6. The molecule has 0 radical (unpaired) electrons. The van der Waals surface area contributed by atoms with Gasteiger partial charge in [-0.1, -0.05) is 19.1 Å². The number of carboxylic acid groups (broad SMARTS) is 2. The molecule has 0 aromatic carbocycles. The first-order valence-corrected chi connectivity index (χ1v) is 6.38. The number of allylic oxidation sites excluding steroid dienone is 2. The Labute approximate surface area is 112 Å². The monoisotopic (exact) mass is 282 g/mol. The van der Waals surface area contributed by atoms with E-state index in [4.69, 9.17) is 5.11 Å². The Morgan fingerprint density at radius 1 is 1.42 bits per heavy atom. The first-order chi connectivity index (χ1) is 8.91. The molecule has 0 bridgehead atoms. The van der Waals surface area contributed by atoms with E-state index >= 15 is 0 Å². The smallest absolute Gasteiger partial charge is 0.334 e. The molecule has 0 saturated heterocycles. The molecule has 0 saturated carbocycles. The fraction of sp³-hybridized carbons (Fsp3) is 0.231. The zero-order valence-electron chi connectivity index (χ0n) is 9.96. The average molecular weight is 282 g/mol. The second-order valence-electron chi connectivity index (χ2n) is 4.27. The lowest BCUT2D eigenvalue weighted by Gasteiger charge is -2.34. The Hall–Kier alpha value is -1.95. The van der Waals surface area contributed by atoms with Crippen LogP contribution in [0.5, 0.6) is 0 Å². The van der Waals surface area contributed by atoms with E-state index < -0.39 is 34.7 Å². The molecule has 4 nitrogen and oxygen atoms in total. The van der Waals surface area contributed by atoms with Crippen molar-refractivity contribution in [3.8, 4) is 0 Å². The van der Waals surface area contributed by atoms with Crippen LogP contribution in [-0.4, -0.2) is 22.2 Å². The number of hydrogen-bond acceptors (Lipinski definition) is 3. The fourth-order valence-electron chi connectivity index (χ4n) is 2.33. The third-order valence-electron chi connectivity index (χ3n) is 3.38. The lowest BCUT2D eigenvalue weighted by atomic mass is 9.68. The van der Waals surface area contributed by atoms with Crippen LogP contribution >= 0.6 is 11.3 Å². The molecule has 1 aliphatic rings. The number of thiophene rings is 1. The second kappa shape index (κ2) is 4.62. The van der Waals surface area contributed by atoms with Gasteiger partial charge in [-0.3, -0.25) is 4.79 Å². The van der Waals surface area contributed by atoms with Crippen LogP contribution in [0.15, 0.2) is 41.1 Å². The van der Waals surface area contributed by atoms with Crippen molar-refractivity contribution in [2.24, 2.45) is 5.92 Å². The van der Waals surface area contributed by atoms with Gasteiger partial charge < -0.3 is 10.2 Å². The maximum atomic E-state index is 13.6. The molecule has 19 heavy (non-hydrogen) atoms. The third kappa shape index (κ3) is 1.88. The molecule has 2 unspecified atom stereocenters. The molecule has 2 atom stereocenters. The van der Waals surface area contributed by atoms with E-state index in [9.17, 15) is 19.1 Å². The average Bonchev–Trinajstić information content (AvgIpc) is 2.82. The van der Waals surface area contributed by atoms with Gasteiger partial charge in [0.15, 0.2) is 0 Å². The zero-order valence-corrected chi connectivity index (χ0v) is 10.8. The molecule has 1 aromatic rings. The largest absolute Gasteiger partial charge is 0.480 e. The first-order valence-electron chi connectivity index (χ1n) is 5.50. The molecule has 0 amide bonds. The zero-order chi connectivity index (χ0) is 14.2. The summed E-state index contributed by atoms with van der Waals surface area (Å²) in [6, 6.07) is 3.29. The highest BCUT2D eigenvalue weighted by Crippen LogP contribution is 2.44. The van der Waals surface area contributed by atoms with E-state index in [2.05, 4.69) is 0 Å². The second-order valence-corrected chi connectivity index (χ2v) is 5.22. The van der Waals surface area contributed by atoms with E-state index in [1.165, 1.54) is 24.3 Å². The number of aliphatic carboxylic acids is 2. The van der Waals surface area contributed by atoms with Gasteiger partial charge in [0.25, 0.3) is 0 Å². The molecule has 0 aliphatic heterocycles. The van der Waals surface area contributed by atoms with Gasteiger partial charge in [-0.05, 0) is 17.5 Å². The molecule has 0 fully saturated rings.